The van der Waals surface area contributed by atoms with Crippen molar-refractivity contribution in [1.29, 1.82) is 0 Å². The fraction of sp³-hybridized carbons (Fsp3) is 0.250. The van der Waals surface area contributed by atoms with Crippen LogP contribution >= 0.6 is 0 Å². The predicted molar refractivity (Wildman–Crippen MR) is 99.3 cm³/mol. The van der Waals surface area contributed by atoms with Crippen molar-refractivity contribution in [3.63, 3.8) is 0 Å². The van der Waals surface area contributed by atoms with Crippen molar-refractivity contribution >= 4 is 5.91 Å². The molecule has 0 saturated carbocycles. The topological polar surface area (TPSA) is 81.1 Å². The molecule has 0 radical (unpaired) electrons. The molecule has 1 aliphatic heterocycles. The van der Waals surface area contributed by atoms with Crippen molar-refractivity contribution in [2.24, 2.45) is 0 Å². The standard InChI is InChI=1S/C20H19N5O2/c1-27-20-23-11-17(12-24-20)19(26)25-9-5-16(13-25)15-4-8-22-18(10-15)14-2-6-21-7-3-14/h2-4,6-8,10-12,16H,5,9,13H2,1H3. The summed E-state index contributed by atoms with van der Waals surface area (Å²) in [5.41, 5.74) is 3.62. The number of hydrogen-bond acceptors (Lipinski definition) is 6. The molecule has 1 atom stereocenters. The average molecular weight is 361 g/mol. The lowest BCUT2D eigenvalue weighted by Gasteiger charge is -2.17. The molecule has 27 heavy (non-hydrogen) atoms. The largest absolute Gasteiger partial charge is 0.467 e. The van der Waals surface area contributed by atoms with Crippen molar-refractivity contribution in [3.05, 3.63) is 66.4 Å². The van der Waals surface area contributed by atoms with Crippen LogP contribution in [0.5, 0.6) is 6.01 Å². The molecule has 3 aromatic heterocycles. The molecular weight excluding hydrogens is 342 g/mol. The molecule has 136 valence electrons. The number of hydrogen-bond donors (Lipinski definition) is 0. The molecule has 0 aliphatic carbocycles. The van der Waals surface area contributed by atoms with Crippen LogP contribution in [0.3, 0.4) is 0 Å². The first kappa shape index (κ1) is 17.1. The molecule has 0 N–H and O–H groups in total. The number of carbonyl (C=O) groups excluding carboxylic acids is 1. The van der Waals surface area contributed by atoms with E-state index in [4.69, 9.17) is 4.74 Å². The van der Waals surface area contributed by atoms with Crippen molar-refractivity contribution in [2.45, 2.75) is 12.3 Å². The molecule has 0 bridgehead atoms. The number of ether oxygens (including phenoxy) is 1. The summed E-state index contributed by atoms with van der Waals surface area (Å²) in [7, 11) is 1.50. The van der Waals surface area contributed by atoms with Crippen LogP contribution in [0.25, 0.3) is 11.3 Å². The smallest absolute Gasteiger partial charge is 0.316 e. The van der Waals surface area contributed by atoms with Crippen molar-refractivity contribution < 1.29 is 9.53 Å². The number of aromatic nitrogens is 4. The number of amides is 1. The van der Waals surface area contributed by atoms with Crippen LogP contribution < -0.4 is 4.74 Å². The van der Waals surface area contributed by atoms with E-state index in [1.54, 1.807) is 12.4 Å². The second kappa shape index (κ2) is 7.49. The van der Waals surface area contributed by atoms with Crippen molar-refractivity contribution in [2.75, 3.05) is 20.2 Å². The van der Waals surface area contributed by atoms with E-state index in [-0.39, 0.29) is 17.8 Å². The second-order valence-corrected chi connectivity index (χ2v) is 6.41. The summed E-state index contributed by atoms with van der Waals surface area (Å²) in [5.74, 6) is 0.236. The third-order valence-corrected chi connectivity index (χ3v) is 4.76. The van der Waals surface area contributed by atoms with Gasteiger partial charge in [0.05, 0.1) is 18.4 Å². The molecule has 3 aromatic rings. The van der Waals surface area contributed by atoms with Gasteiger partial charge in [0, 0.05) is 55.6 Å². The lowest BCUT2D eigenvalue weighted by atomic mass is 9.97. The summed E-state index contributed by atoms with van der Waals surface area (Å²) in [4.78, 5) is 31.1. The summed E-state index contributed by atoms with van der Waals surface area (Å²) >= 11 is 0. The molecule has 0 spiro atoms. The summed E-state index contributed by atoms with van der Waals surface area (Å²) in [6, 6.07) is 8.27. The van der Waals surface area contributed by atoms with Crippen LogP contribution in [0.1, 0.15) is 28.3 Å². The highest BCUT2D eigenvalue weighted by Gasteiger charge is 2.28. The van der Waals surface area contributed by atoms with Gasteiger partial charge in [-0.25, -0.2) is 9.97 Å². The quantitative estimate of drug-likeness (QED) is 0.710. The van der Waals surface area contributed by atoms with Crippen LogP contribution in [0.4, 0.5) is 0 Å². The second-order valence-electron chi connectivity index (χ2n) is 6.41. The normalized spacial score (nSPS) is 16.3. The molecule has 1 amide bonds. The van der Waals surface area contributed by atoms with Gasteiger partial charge in [0.2, 0.25) is 0 Å². The van der Waals surface area contributed by atoms with E-state index in [1.807, 2.05) is 29.3 Å². The Morgan fingerprint density at radius 1 is 1.11 bits per heavy atom. The third-order valence-electron chi connectivity index (χ3n) is 4.76. The van der Waals surface area contributed by atoms with Gasteiger partial charge in [-0.05, 0) is 36.2 Å². The maximum atomic E-state index is 12.7. The molecule has 4 rings (SSSR count). The predicted octanol–water partition coefficient (Wildman–Crippen LogP) is 2.57. The van der Waals surface area contributed by atoms with Crippen LogP contribution in [0, 0.1) is 0 Å². The third kappa shape index (κ3) is 3.62. The number of nitrogens with zero attached hydrogens (tertiary/aromatic N) is 5. The van der Waals surface area contributed by atoms with Gasteiger partial charge in [-0.3, -0.25) is 14.8 Å². The first-order chi connectivity index (χ1) is 13.2. The summed E-state index contributed by atoms with van der Waals surface area (Å²) in [6.07, 6.45) is 9.29. The minimum atomic E-state index is -0.0523. The minimum absolute atomic E-state index is 0.0523. The van der Waals surface area contributed by atoms with E-state index in [2.05, 4.69) is 26.0 Å². The first-order valence-corrected chi connectivity index (χ1v) is 8.76. The van der Waals surface area contributed by atoms with Gasteiger partial charge < -0.3 is 9.64 Å². The van der Waals surface area contributed by atoms with Gasteiger partial charge in [-0.1, -0.05) is 0 Å². The molecule has 1 fully saturated rings. The summed E-state index contributed by atoms with van der Waals surface area (Å²) < 4.78 is 4.94. The lowest BCUT2D eigenvalue weighted by Crippen LogP contribution is -2.28. The molecule has 1 aliphatic rings. The summed E-state index contributed by atoms with van der Waals surface area (Å²) in [5, 5.41) is 0. The zero-order chi connectivity index (χ0) is 18.6. The van der Waals surface area contributed by atoms with E-state index in [1.165, 1.54) is 25.1 Å². The van der Waals surface area contributed by atoms with Crippen molar-refractivity contribution in [3.8, 4) is 17.3 Å². The van der Waals surface area contributed by atoms with Gasteiger partial charge in [-0.2, -0.15) is 0 Å². The highest BCUT2D eigenvalue weighted by Crippen LogP contribution is 2.30. The number of methoxy groups -OCH3 is 1. The fourth-order valence-electron chi connectivity index (χ4n) is 3.31. The molecular formula is C20H19N5O2. The van der Waals surface area contributed by atoms with Crippen LogP contribution in [0.15, 0.2) is 55.2 Å². The van der Waals surface area contributed by atoms with Crippen LogP contribution in [-0.4, -0.2) is 50.9 Å². The molecule has 1 saturated heterocycles. The number of rotatable bonds is 4. The monoisotopic (exact) mass is 361 g/mol. The van der Waals surface area contributed by atoms with Gasteiger partial charge in [0.15, 0.2) is 0 Å². The number of carbonyl (C=O) groups is 1. The zero-order valence-electron chi connectivity index (χ0n) is 14.9. The van der Waals surface area contributed by atoms with Gasteiger partial charge in [0.1, 0.15) is 0 Å². The summed E-state index contributed by atoms with van der Waals surface area (Å²) in [6.45, 7) is 1.38. The fourth-order valence-corrected chi connectivity index (χ4v) is 3.31. The Hall–Kier alpha value is -3.35. The lowest BCUT2D eigenvalue weighted by molar-refractivity contribution is 0.0789. The molecule has 7 nitrogen and oxygen atoms in total. The molecule has 4 heterocycles. The maximum Gasteiger partial charge on any atom is 0.316 e. The Morgan fingerprint density at radius 2 is 1.89 bits per heavy atom. The highest BCUT2D eigenvalue weighted by atomic mass is 16.5. The Balaban J connectivity index is 1.48. The SMILES string of the molecule is COc1ncc(C(=O)N2CCC(c3ccnc(-c4ccncc4)c3)C2)cn1. The Kier molecular flexibility index (Phi) is 4.74. The minimum Gasteiger partial charge on any atom is -0.467 e. The molecule has 7 heteroatoms. The van der Waals surface area contributed by atoms with E-state index < -0.39 is 0 Å². The Bertz CT molecular complexity index is 931. The Morgan fingerprint density at radius 3 is 2.63 bits per heavy atom. The van der Waals surface area contributed by atoms with Gasteiger partial charge >= 0.3 is 6.01 Å². The van der Waals surface area contributed by atoms with E-state index in [0.29, 0.717) is 18.7 Å². The first-order valence-electron chi connectivity index (χ1n) is 8.76. The van der Waals surface area contributed by atoms with E-state index in [9.17, 15) is 4.79 Å². The molecule has 1 unspecified atom stereocenters. The van der Waals surface area contributed by atoms with Crippen LogP contribution in [-0.2, 0) is 0 Å². The van der Waals surface area contributed by atoms with Crippen molar-refractivity contribution in [1.82, 2.24) is 24.8 Å². The number of likely N-dealkylation sites (tertiary alicyclic amines) is 1. The van der Waals surface area contributed by atoms with Gasteiger partial charge in [0.25, 0.3) is 5.91 Å². The van der Waals surface area contributed by atoms with Gasteiger partial charge in [-0.15, -0.1) is 0 Å². The van der Waals surface area contributed by atoms with E-state index in [0.717, 1.165) is 17.7 Å². The van der Waals surface area contributed by atoms with E-state index >= 15 is 0 Å². The zero-order valence-corrected chi connectivity index (χ0v) is 14.9. The average Bonchev–Trinajstić information content (AvgIpc) is 3.24. The maximum absolute atomic E-state index is 12.7. The molecule has 0 aromatic carbocycles. The highest BCUT2D eigenvalue weighted by molar-refractivity contribution is 5.93. The van der Waals surface area contributed by atoms with Crippen LogP contribution in [0.2, 0.25) is 0 Å². The Labute approximate surface area is 157 Å². The number of pyridine rings is 2.